The molecule has 6 nitrogen and oxygen atoms in total. The van der Waals surface area contributed by atoms with E-state index in [1.165, 1.54) is 53.9 Å². The average Bonchev–Trinajstić information content (AvgIpc) is 3.46. The molecular formula is C20H30Cl2N6. The molecule has 154 valence electrons. The van der Waals surface area contributed by atoms with E-state index in [4.69, 9.17) is 9.97 Å². The fourth-order valence-corrected chi connectivity index (χ4v) is 4.36. The Morgan fingerprint density at radius 3 is 2.57 bits per heavy atom. The summed E-state index contributed by atoms with van der Waals surface area (Å²) in [6, 6.07) is 0. The highest BCUT2D eigenvalue weighted by molar-refractivity contribution is 5.85. The van der Waals surface area contributed by atoms with Crippen LogP contribution in [0, 0.1) is 0 Å². The molecule has 5 rings (SSSR count). The van der Waals surface area contributed by atoms with Crippen LogP contribution in [0.4, 0.5) is 5.82 Å². The molecule has 0 unspecified atom stereocenters. The van der Waals surface area contributed by atoms with Gasteiger partial charge in [0.1, 0.15) is 11.6 Å². The number of aromatic nitrogens is 4. The zero-order valence-corrected chi connectivity index (χ0v) is 18.1. The van der Waals surface area contributed by atoms with E-state index in [0.29, 0.717) is 5.92 Å². The van der Waals surface area contributed by atoms with E-state index in [0.717, 1.165) is 57.0 Å². The maximum atomic E-state index is 5.03. The van der Waals surface area contributed by atoms with Crippen LogP contribution in [0.15, 0.2) is 0 Å². The summed E-state index contributed by atoms with van der Waals surface area (Å²) in [7, 11) is 2.17. The van der Waals surface area contributed by atoms with Crippen molar-refractivity contribution in [2.45, 2.75) is 63.8 Å². The van der Waals surface area contributed by atoms with Gasteiger partial charge in [0.15, 0.2) is 0 Å². The van der Waals surface area contributed by atoms with Gasteiger partial charge in [0, 0.05) is 37.2 Å². The van der Waals surface area contributed by atoms with Crippen molar-refractivity contribution in [3.8, 4) is 0 Å². The molecular weight excluding hydrogens is 395 g/mol. The number of nitrogens with one attached hydrogen (secondary N) is 2. The van der Waals surface area contributed by atoms with Crippen molar-refractivity contribution in [3.05, 3.63) is 34.0 Å². The molecule has 1 saturated carbocycles. The van der Waals surface area contributed by atoms with Crippen molar-refractivity contribution in [1.29, 1.82) is 0 Å². The highest BCUT2D eigenvalue weighted by atomic mass is 35.5. The van der Waals surface area contributed by atoms with Crippen LogP contribution in [0.3, 0.4) is 0 Å². The third kappa shape index (κ3) is 4.14. The van der Waals surface area contributed by atoms with Crippen LogP contribution in [0.1, 0.15) is 65.6 Å². The zero-order valence-electron chi connectivity index (χ0n) is 16.5. The van der Waals surface area contributed by atoms with Crippen molar-refractivity contribution >= 4 is 30.6 Å². The second kappa shape index (κ2) is 8.97. The summed E-state index contributed by atoms with van der Waals surface area (Å²) in [4.78, 5) is 12.3. The quantitative estimate of drug-likeness (QED) is 0.788. The van der Waals surface area contributed by atoms with Gasteiger partial charge < -0.3 is 10.2 Å². The molecule has 2 aliphatic carbocycles. The third-order valence-electron chi connectivity index (χ3n) is 6.01. The second-order valence-corrected chi connectivity index (χ2v) is 8.05. The molecule has 0 atom stereocenters. The molecule has 3 aliphatic rings. The maximum absolute atomic E-state index is 5.03. The zero-order chi connectivity index (χ0) is 17.5. The van der Waals surface area contributed by atoms with Gasteiger partial charge in [-0.05, 0) is 57.1 Å². The van der Waals surface area contributed by atoms with Crippen LogP contribution in [0.25, 0.3) is 0 Å². The van der Waals surface area contributed by atoms with Gasteiger partial charge in [-0.3, -0.25) is 5.10 Å². The molecule has 28 heavy (non-hydrogen) atoms. The normalized spacial score (nSPS) is 18.2. The van der Waals surface area contributed by atoms with E-state index < -0.39 is 0 Å². The van der Waals surface area contributed by atoms with Crippen molar-refractivity contribution in [1.82, 2.24) is 25.5 Å². The van der Waals surface area contributed by atoms with Crippen LogP contribution in [0.2, 0.25) is 0 Å². The first-order chi connectivity index (χ1) is 12.8. The van der Waals surface area contributed by atoms with Crippen molar-refractivity contribution in [2.24, 2.45) is 0 Å². The molecule has 3 heterocycles. The minimum absolute atomic E-state index is 0. The van der Waals surface area contributed by atoms with E-state index in [1.807, 2.05) is 0 Å². The molecule has 1 fully saturated rings. The molecule has 8 heteroatoms. The maximum Gasteiger partial charge on any atom is 0.135 e. The SMILES string of the molecule is CN(Cc1n[nH]c2c1CCCC2)c1nc(C2CC2)nc2c1CCNCC2.Cl.Cl. The number of nitrogens with zero attached hydrogens (tertiary/aromatic N) is 4. The monoisotopic (exact) mass is 424 g/mol. The summed E-state index contributed by atoms with van der Waals surface area (Å²) in [6.07, 6.45) is 9.38. The van der Waals surface area contributed by atoms with E-state index >= 15 is 0 Å². The molecule has 0 saturated heterocycles. The molecule has 2 aromatic heterocycles. The first kappa shape index (κ1) is 21.3. The first-order valence-electron chi connectivity index (χ1n) is 10.2. The Hall–Kier alpha value is -1.37. The number of rotatable bonds is 4. The number of hydrogen-bond donors (Lipinski definition) is 2. The van der Waals surface area contributed by atoms with Gasteiger partial charge in [-0.1, -0.05) is 0 Å². The molecule has 0 bridgehead atoms. The first-order valence-corrected chi connectivity index (χ1v) is 10.2. The third-order valence-corrected chi connectivity index (χ3v) is 6.01. The van der Waals surface area contributed by atoms with Gasteiger partial charge in [-0.25, -0.2) is 9.97 Å². The number of hydrogen-bond acceptors (Lipinski definition) is 5. The molecule has 0 amide bonds. The summed E-state index contributed by atoms with van der Waals surface area (Å²) >= 11 is 0. The highest BCUT2D eigenvalue weighted by Crippen LogP contribution is 2.39. The molecule has 0 aromatic carbocycles. The van der Waals surface area contributed by atoms with E-state index in [-0.39, 0.29) is 24.8 Å². The number of anilines is 1. The Bertz CT molecular complexity index is 817. The summed E-state index contributed by atoms with van der Waals surface area (Å²) in [5.74, 6) is 2.78. The molecule has 0 radical (unpaired) electrons. The largest absolute Gasteiger partial charge is 0.353 e. The summed E-state index contributed by atoms with van der Waals surface area (Å²) in [6.45, 7) is 2.86. The van der Waals surface area contributed by atoms with Crippen LogP contribution in [0.5, 0.6) is 0 Å². The molecule has 2 N–H and O–H groups in total. The predicted octanol–water partition coefficient (Wildman–Crippen LogP) is 3.12. The molecule has 1 aliphatic heterocycles. The van der Waals surface area contributed by atoms with Crippen molar-refractivity contribution in [3.63, 3.8) is 0 Å². The van der Waals surface area contributed by atoms with Gasteiger partial charge in [0.05, 0.1) is 17.9 Å². The average molecular weight is 425 g/mol. The lowest BCUT2D eigenvalue weighted by atomic mass is 9.96. The molecule has 0 spiro atoms. The number of halogens is 2. The van der Waals surface area contributed by atoms with Gasteiger partial charge in [-0.2, -0.15) is 5.10 Å². The van der Waals surface area contributed by atoms with E-state index in [9.17, 15) is 0 Å². The van der Waals surface area contributed by atoms with E-state index in [2.05, 4.69) is 27.5 Å². The fourth-order valence-electron chi connectivity index (χ4n) is 4.36. The molecule has 2 aromatic rings. The van der Waals surface area contributed by atoms with E-state index in [1.54, 1.807) is 0 Å². The Morgan fingerprint density at radius 1 is 0.964 bits per heavy atom. The summed E-state index contributed by atoms with van der Waals surface area (Å²) in [5, 5.41) is 11.4. The minimum Gasteiger partial charge on any atom is -0.353 e. The van der Waals surface area contributed by atoms with Crippen molar-refractivity contribution in [2.75, 3.05) is 25.0 Å². The number of aromatic amines is 1. The summed E-state index contributed by atoms with van der Waals surface area (Å²) in [5.41, 5.74) is 6.61. The van der Waals surface area contributed by atoms with Crippen LogP contribution in [-0.4, -0.2) is 40.3 Å². The second-order valence-electron chi connectivity index (χ2n) is 8.05. The Labute approximate surface area is 179 Å². The Morgan fingerprint density at radius 2 is 1.75 bits per heavy atom. The summed E-state index contributed by atoms with van der Waals surface area (Å²) < 4.78 is 0. The Balaban J connectivity index is 0.00000112. The van der Waals surface area contributed by atoms with Gasteiger partial charge in [0.2, 0.25) is 0 Å². The lowest BCUT2D eigenvalue weighted by molar-refractivity contribution is 0.671. The van der Waals surface area contributed by atoms with Gasteiger partial charge in [-0.15, -0.1) is 24.8 Å². The lowest BCUT2D eigenvalue weighted by Gasteiger charge is -2.23. The van der Waals surface area contributed by atoms with Crippen LogP contribution >= 0.6 is 24.8 Å². The van der Waals surface area contributed by atoms with Crippen molar-refractivity contribution < 1.29 is 0 Å². The predicted molar refractivity (Wildman–Crippen MR) is 116 cm³/mol. The minimum atomic E-state index is 0. The van der Waals surface area contributed by atoms with Gasteiger partial charge in [0.25, 0.3) is 0 Å². The number of aryl methyl sites for hydroxylation is 1. The number of H-pyrrole nitrogens is 1. The fraction of sp³-hybridized carbons (Fsp3) is 0.650. The van der Waals surface area contributed by atoms with Crippen LogP contribution in [-0.2, 0) is 32.2 Å². The van der Waals surface area contributed by atoms with Gasteiger partial charge >= 0.3 is 0 Å². The van der Waals surface area contributed by atoms with Crippen LogP contribution < -0.4 is 10.2 Å². The number of fused-ring (bicyclic) bond motifs is 2. The standard InChI is InChI=1S/C20H28N6.2ClH/c1-26(12-18-14-4-2-3-5-17(14)24-25-18)20-15-8-10-21-11-9-16(15)22-19(23-20)13-6-7-13;;/h13,21H,2-12H2,1H3,(H,24,25);2*1H. The smallest absolute Gasteiger partial charge is 0.135 e. The Kier molecular flexibility index (Phi) is 6.84. The lowest BCUT2D eigenvalue weighted by Crippen LogP contribution is -2.23. The topological polar surface area (TPSA) is 69.7 Å². The highest BCUT2D eigenvalue weighted by Gasteiger charge is 2.30.